The van der Waals surface area contributed by atoms with Crippen LogP contribution in [0.2, 0.25) is 0 Å². The third kappa shape index (κ3) is 6.45. The predicted molar refractivity (Wildman–Crippen MR) is 89.8 cm³/mol. The highest BCUT2D eigenvalue weighted by Crippen LogP contribution is 2.15. The van der Waals surface area contributed by atoms with E-state index in [1.807, 2.05) is 25.1 Å². The molecule has 5 nitrogen and oxygen atoms in total. The molecule has 0 spiro atoms. The van der Waals surface area contributed by atoms with E-state index in [-0.39, 0.29) is 30.3 Å². The predicted octanol–water partition coefficient (Wildman–Crippen LogP) is 2.19. The molecule has 1 aromatic rings. The van der Waals surface area contributed by atoms with Crippen molar-refractivity contribution in [2.45, 2.75) is 51.7 Å². The summed E-state index contributed by atoms with van der Waals surface area (Å²) in [6, 6.07) is 9.96. The van der Waals surface area contributed by atoms with Gasteiger partial charge in [0, 0.05) is 18.1 Å². The quantitative estimate of drug-likeness (QED) is 0.595. The number of carbonyl (C=O) groups excluding carboxylic acids is 1. The SMILES string of the molecule is CCC(CO)NC(=O)NCC(C)(C)NC(C)c1ccccc1. The third-order valence-corrected chi connectivity index (χ3v) is 3.65. The van der Waals surface area contributed by atoms with E-state index in [0.29, 0.717) is 13.0 Å². The Kier molecular flexibility index (Phi) is 7.35. The van der Waals surface area contributed by atoms with E-state index in [1.165, 1.54) is 5.56 Å². The molecule has 124 valence electrons. The molecule has 0 fully saturated rings. The minimum atomic E-state index is -0.247. The zero-order valence-electron chi connectivity index (χ0n) is 14.0. The molecule has 0 aromatic heterocycles. The van der Waals surface area contributed by atoms with Crippen LogP contribution in [0.25, 0.3) is 0 Å². The van der Waals surface area contributed by atoms with E-state index < -0.39 is 0 Å². The molecule has 0 saturated heterocycles. The van der Waals surface area contributed by atoms with E-state index in [2.05, 4.69) is 48.9 Å². The lowest BCUT2D eigenvalue weighted by atomic mass is 10.0. The maximum atomic E-state index is 11.8. The molecular weight excluding hydrogens is 278 g/mol. The standard InChI is InChI=1S/C17H29N3O2/c1-5-15(11-21)19-16(22)18-12-17(3,4)20-13(2)14-9-7-6-8-10-14/h6-10,13,15,20-21H,5,11-12H2,1-4H3,(H2,18,19,22). The summed E-state index contributed by atoms with van der Waals surface area (Å²) in [5, 5.41) is 18.2. The summed E-state index contributed by atoms with van der Waals surface area (Å²) in [6.07, 6.45) is 0.705. The third-order valence-electron chi connectivity index (χ3n) is 3.65. The first-order valence-corrected chi connectivity index (χ1v) is 7.86. The molecule has 1 rings (SSSR count). The second-order valence-corrected chi connectivity index (χ2v) is 6.28. The van der Waals surface area contributed by atoms with E-state index in [9.17, 15) is 4.79 Å². The lowest BCUT2D eigenvalue weighted by Crippen LogP contribution is -2.53. The minimum Gasteiger partial charge on any atom is -0.394 e. The van der Waals surface area contributed by atoms with Crippen LogP contribution in [-0.2, 0) is 0 Å². The Hall–Kier alpha value is -1.59. The first kappa shape index (κ1) is 18.5. The average molecular weight is 307 g/mol. The number of nitrogens with one attached hydrogen (secondary N) is 3. The Morgan fingerprint density at radius 2 is 1.91 bits per heavy atom. The van der Waals surface area contributed by atoms with Crippen LogP contribution in [-0.4, -0.2) is 35.9 Å². The lowest BCUT2D eigenvalue weighted by molar-refractivity contribution is 0.211. The van der Waals surface area contributed by atoms with Crippen molar-refractivity contribution in [1.29, 1.82) is 0 Å². The topological polar surface area (TPSA) is 73.4 Å². The van der Waals surface area contributed by atoms with Crippen LogP contribution in [0, 0.1) is 0 Å². The van der Waals surface area contributed by atoms with Gasteiger partial charge in [-0.05, 0) is 32.8 Å². The normalized spacial score (nSPS) is 14.2. The molecule has 0 bridgehead atoms. The van der Waals surface area contributed by atoms with Crippen molar-refractivity contribution in [3.63, 3.8) is 0 Å². The second-order valence-electron chi connectivity index (χ2n) is 6.28. The first-order chi connectivity index (χ1) is 10.4. The number of aliphatic hydroxyl groups excluding tert-OH is 1. The van der Waals surface area contributed by atoms with Gasteiger partial charge in [0.05, 0.1) is 12.6 Å². The fourth-order valence-corrected chi connectivity index (χ4v) is 2.28. The first-order valence-electron chi connectivity index (χ1n) is 7.86. The zero-order valence-corrected chi connectivity index (χ0v) is 14.0. The minimum absolute atomic E-state index is 0.0450. The average Bonchev–Trinajstić information content (AvgIpc) is 2.51. The van der Waals surface area contributed by atoms with E-state index >= 15 is 0 Å². The smallest absolute Gasteiger partial charge is 0.315 e. The van der Waals surface area contributed by atoms with Crippen molar-refractivity contribution in [2.75, 3.05) is 13.2 Å². The fraction of sp³-hybridized carbons (Fsp3) is 0.588. The monoisotopic (exact) mass is 307 g/mol. The summed E-state index contributed by atoms with van der Waals surface area (Å²) in [5.74, 6) is 0. The number of aliphatic hydroxyl groups is 1. The summed E-state index contributed by atoms with van der Waals surface area (Å²) in [4.78, 5) is 11.8. The van der Waals surface area contributed by atoms with Crippen LogP contribution in [0.1, 0.15) is 45.7 Å². The summed E-state index contributed by atoms with van der Waals surface area (Å²) < 4.78 is 0. The summed E-state index contributed by atoms with van der Waals surface area (Å²) >= 11 is 0. The van der Waals surface area contributed by atoms with Gasteiger partial charge >= 0.3 is 6.03 Å². The molecule has 0 radical (unpaired) electrons. The largest absolute Gasteiger partial charge is 0.394 e. The summed E-state index contributed by atoms with van der Waals surface area (Å²) in [6.45, 7) is 8.59. The molecule has 0 saturated carbocycles. The lowest BCUT2D eigenvalue weighted by Gasteiger charge is -2.31. The van der Waals surface area contributed by atoms with Crippen molar-refractivity contribution in [3.05, 3.63) is 35.9 Å². The van der Waals surface area contributed by atoms with Gasteiger partial charge in [0.1, 0.15) is 0 Å². The van der Waals surface area contributed by atoms with Crippen molar-refractivity contribution in [3.8, 4) is 0 Å². The molecule has 4 N–H and O–H groups in total. The van der Waals surface area contributed by atoms with Gasteiger partial charge in [0.2, 0.25) is 0 Å². The number of hydrogen-bond donors (Lipinski definition) is 4. The molecule has 5 heteroatoms. The van der Waals surface area contributed by atoms with Gasteiger partial charge < -0.3 is 21.1 Å². The van der Waals surface area contributed by atoms with Gasteiger partial charge in [0.25, 0.3) is 0 Å². The highest BCUT2D eigenvalue weighted by atomic mass is 16.3. The molecular formula is C17H29N3O2. The molecule has 1 aromatic carbocycles. The molecule has 0 aliphatic carbocycles. The van der Waals surface area contributed by atoms with Crippen molar-refractivity contribution in [1.82, 2.24) is 16.0 Å². The van der Waals surface area contributed by atoms with Gasteiger partial charge in [0.15, 0.2) is 0 Å². The van der Waals surface area contributed by atoms with E-state index in [4.69, 9.17) is 5.11 Å². The Morgan fingerprint density at radius 3 is 2.45 bits per heavy atom. The Labute approximate surface area is 133 Å². The highest BCUT2D eigenvalue weighted by Gasteiger charge is 2.22. The van der Waals surface area contributed by atoms with Crippen molar-refractivity contribution >= 4 is 6.03 Å². The van der Waals surface area contributed by atoms with Gasteiger partial charge in [-0.1, -0.05) is 37.3 Å². The summed E-state index contributed by atoms with van der Waals surface area (Å²) in [7, 11) is 0. The van der Waals surface area contributed by atoms with Crippen LogP contribution in [0.5, 0.6) is 0 Å². The molecule has 0 aliphatic rings. The van der Waals surface area contributed by atoms with Gasteiger partial charge in [-0.25, -0.2) is 4.79 Å². The maximum Gasteiger partial charge on any atom is 0.315 e. The number of rotatable bonds is 8. The maximum absolute atomic E-state index is 11.8. The van der Waals surface area contributed by atoms with Crippen LogP contribution < -0.4 is 16.0 Å². The van der Waals surface area contributed by atoms with Crippen LogP contribution in [0.4, 0.5) is 4.79 Å². The van der Waals surface area contributed by atoms with E-state index in [0.717, 1.165) is 0 Å². The Balaban J connectivity index is 2.45. The Bertz CT molecular complexity index is 444. The number of carbonyl (C=O) groups is 1. The number of hydrogen-bond acceptors (Lipinski definition) is 3. The molecule has 2 unspecified atom stereocenters. The van der Waals surface area contributed by atoms with Crippen LogP contribution in [0.3, 0.4) is 0 Å². The molecule has 2 atom stereocenters. The van der Waals surface area contributed by atoms with Gasteiger partial charge in [-0.15, -0.1) is 0 Å². The highest BCUT2D eigenvalue weighted by molar-refractivity contribution is 5.74. The van der Waals surface area contributed by atoms with Crippen molar-refractivity contribution in [2.24, 2.45) is 0 Å². The number of amides is 2. The zero-order chi connectivity index (χ0) is 16.6. The fourth-order valence-electron chi connectivity index (χ4n) is 2.28. The van der Waals surface area contributed by atoms with E-state index in [1.54, 1.807) is 0 Å². The van der Waals surface area contributed by atoms with Gasteiger partial charge in [-0.3, -0.25) is 0 Å². The van der Waals surface area contributed by atoms with Gasteiger partial charge in [-0.2, -0.15) is 0 Å². The Morgan fingerprint density at radius 1 is 1.27 bits per heavy atom. The number of urea groups is 1. The van der Waals surface area contributed by atoms with Crippen molar-refractivity contribution < 1.29 is 9.90 Å². The van der Waals surface area contributed by atoms with Crippen LogP contribution >= 0.6 is 0 Å². The number of benzene rings is 1. The second kappa shape index (κ2) is 8.76. The molecule has 0 aliphatic heterocycles. The summed E-state index contributed by atoms with van der Waals surface area (Å²) in [5.41, 5.74) is 0.972. The molecule has 0 heterocycles. The molecule has 2 amide bonds. The molecule has 22 heavy (non-hydrogen) atoms. The van der Waals surface area contributed by atoms with Crippen LogP contribution in [0.15, 0.2) is 30.3 Å².